The second-order valence-corrected chi connectivity index (χ2v) is 7.12. The van der Waals surface area contributed by atoms with Crippen LogP contribution >= 0.6 is 0 Å². The van der Waals surface area contributed by atoms with Gasteiger partial charge in [-0.05, 0) is 31.1 Å². The van der Waals surface area contributed by atoms with Crippen LogP contribution in [0.1, 0.15) is 47.0 Å². The molecule has 0 aromatic carbocycles. The summed E-state index contributed by atoms with van der Waals surface area (Å²) < 4.78 is 0. The third kappa shape index (κ3) is 9.97. The average Bonchev–Trinajstić information content (AvgIpc) is 2.55. The van der Waals surface area contributed by atoms with Gasteiger partial charge in [0.15, 0.2) is 5.96 Å². The third-order valence-electron chi connectivity index (χ3n) is 3.80. The van der Waals surface area contributed by atoms with Crippen LogP contribution in [0.5, 0.6) is 0 Å². The summed E-state index contributed by atoms with van der Waals surface area (Å²) in [5.74, 6) is -0.863. The molecule has 0 aliphatic heterocycles. The molecule has 0 aliphatic carbocycles. The summed E-state index contributed by atoms with van der Waals surface area (Å²) in [4.78, 5) is 35.8. The van der Waals surface area contributed by atoms with Crippen molar-refractivity contribution in [1.29, 1.82) is 5.41 Å². The Morgan fingerprint density at radius 2 is 1.73 bits per heavy atom. The molecule has 0 saturated heterocycles. The van der Waals surface area contributed by atoms with Crippen LogP contribution in [0.25, 0.3) is 0 Å². The van der Waals surface area contributed by atoms with Gasteiger partial charge >= 0.3 is 0 Å². The zero-order valence-electron chi connectivity index (χ0n) is 16.1. The Labute approximate surface area is 155 Å². The number of rotatable bonds is 12. The minimum absolute atomic E-state index is 0.0532. The van der Waals surface area contributed by atoms with Gasteiger partial charge in [-0.25, -0.2) is 0 Å². The van der Waals surface area contributed by atoms with Crippen LogP contribution in [0, 0.1) is 17.2 Å². The highest BCUT2D eigenvalue weighted by Crippen LogP contribution is 2.07. The van der Waals surface area contributed by atoms with E-state index in [9.17, 15) is 14.4 Å². The highest BCUT2D eigenvalue weighted by atomic mass is 16.2. The molecule has 0 aliphatic rings. The van der Waals surface area contributed by atoms with Crippen LogP contribution in [-0.4, -0.2) is 48.7 Å². The van der Waals surface area contributed by atoms with Crippen LogP contribution in [0.3, 0.4) is 0 Å². The second-order valence-electron chi connectivity index (χ2n) is 7.12. The Balaban J connectivity index is 4.76. The fourth-order valence-electron chi connectivity index (χ4n) is 2.24. The summed E-state index contributed by atoms with van der Waals surface area (Å²) in [6.07, 6.45) is 3.10. The number of carbonyl (C=O) groups is 2. The third-order valence-corrected chi connectivity index (χ3v) is 3.80. The predicted octanol–water partition coefficient (Wildman–Crippen LogP) is -0.642. The minimum atomic E-state index is -0.790. The molecule has 0 bridgehead atoms. The molecule has 0 aromatic heterocycles. The Morgan fingerprint density at radius 1 is 1.12 bits per heavy atom. The van der Waals surface area contributed by atoms with E-state index in [1.165, 1.54) is 0 Å². The van der Waals surface area contributed by atoms with E-state index in [-0.39, 0.29) is 17.8 Å². The van der Waals surface area contributed by atoms with Crippen LogP contribution in [0.15, 0.2) is 0 Å². The SMILES string of the molecule is CC(C)CC(NC(=O)C(N)C(C)C)C(=O)N[C@@H]([C]=O)CCCNC(=N)N. The number of nitrogens with two attached hydrogens (primary N) is 2. The fourth-order valence-corrected chi connectivity index (χ4v) is 2.24. The van der Waals surface area contributed by atoms with Gasteiger partial charge in [0.1, 0.15) is 6.04 Å². The van der Waals surface area contributed by atoms with Gasteiger partial charge in [0.25, 0.3) is 0 Å². The van der Waals surface area contributed by atoms with Crippen molar-refractivity contribution in [2.75, 3.05) is 6.54 Å². The van der Waals surface area contributed by atoms with Crippen molar-refractivity contribution in [3.63, 3.8) is 0 Å². The summed E-state index contributed by atoms with van der Waals surface area (Å²) in [5, 5.41) is 15.0. The van der Waals surface area contributed by atoms with E-state index in [0.29, 0.717) is 25.8 Å². The van der Waals surface area contributed by atoms with E-state index in [0.717, 1.165) is 0 Å². The summed E-state index contributed by atoms with van der Waals surface area (Å²) in [6, 6.07) is -2.26. The first kappa shape index (κ1) is 23.8. The van der Waals surface area contributed by atoms with Crippen molar-refractivity contribution in [2.24, 2.45) is 23.3 Å². The first-order valence-corrected chi connectivity index (χ1v) is 8.90. The molecule has 0 saturated carbocycles. The second kappa shape index (κ2) is 12.2. The molecule has 8 N–H and O–H groups in total. The van der Waals surface area contributed by atoms with Crippen LogP contribution < -0.4 is 27.4 Å². The summed E-state index contributed by atoms with van der Waals surface area (Å²) >= 11 is 0. The van der Waals surface area contributed by atoms with Gasteiger partial charge in [0, 0.05) is 6.54 Å². The van der Waals surface area contributed by atoms with Gasteiger partial charge in [-0.2, -0.15) is 0 Å². The fraction of sp³-hybridized carbons (Fsp3) is 0.765. The van der Waals surface area contributed by atoms with E-state index in [1.54, 1.807) is 6.29 Å². The molecule has 0 heterocycles. The van der Waals surface area contributed by atoms with E-state index < -0.39 is 29.9 Å². The van der Waals surface area contributed by atoms with E-state index in [1.807, 2.05) is 27.7 Å². The number of carbonyl (C=O) groups excluding carboxylic acids is 3. The number of hydrogen-bond acceptors (Lipinski definition) is 5. The van der Waals surface area contributed by atoms with Gasteiger partial charge in [-0.1, -0.05) is 27.7 Å². The zero-order chi connectivity index (χ0) is 20.3. The lowest BCUT2D eigenvalue weighted by Gasteiger charge is -2.24. The Hall–Kier alpha value is -2.16. The Morgan fingerprint density at radius 3 is 2.19 bits per heavy atom. The number of nitrogens with one attached hydrogen (secondary N) is 4. The molecular weight excluding hydrogens is 336 g/mol. The van der Waals surface area contributed by atoms with E-state index in [4.69, 9.17) is 16.9 Å². The maximum absolute atomic E-state index is 12.5. The summed E-state index contributed by atoms with van der Waals surface area (Å²) in [5.41, 5.74) is 11.0. The molecule has 26 heavy (non-hydrogen) atoms. The van der Waals surface area contributed by atoms with Gasteiger partial charge in [-0.3, -0.25) is 19.8 Å². The lowest BCUT2D eigenvalue weighted by atomic mass is 10.00. The summed E-state index contributed by atoms with van der Waals surface area (Å²) in [7, 11) is 0. The molecule has 149 valence electrons. The standard InChI is InChI=1S/C17H33N6O3/c1-10(2)8-13(23-16(26)14(18)11(3)4)15(25)22-12(9-24)6-5-7-21-17(19)20/h10-14H,5-8,18H2,1-4H3,(H,22,25)(H,23,26)(H4,19,20,21)/t12-,13?,14?/m1/s1. The molecule has 2 amide bonds. The monoisotopic (exact) mass is 369 g/mol. The van der Waals surface area contributed by atoms with Gasteiger partial charge in [-0.15, -0.1) is 0 Å². The molecule has 3 atom stereocenters. The molecule has 9 heteroatoms. The number of guanidine groups is 1. The van der Waals surface area contributed by atoms with Crippen LogP contribution in [0.4, 0.5) is 0 Å². The van der Waals surface area contributed by atoms with E-state index >= 15 is 0 Å². The zero-order valence-corrected chi connectivity index (χ0v) is 16.1. The maximum Gasteiger partial charge on any atom is 0.243 e. The smallest absolute Gasteiger partial charge is 0.243 e. The van der Waals surface area contributed by atoms with Gasteiger partial charge < -0.3 is 27.4 Å². The molecule has 0 rings (SSSR count). The van der Waals surface area contributed by atoms with Crippen molar-refractivity contribution in [2.45, 2.75) is 65.1 Å². The number of hydrogen-bond donors (Lipinski definition) is 6. The minimum Gasteiger partial charge on any atom is -0.370 e. The Kier molecular flexibility index (Phi) is 11.2. The molecule has 1 radical (unpaired) electrons. The first-order valence-electron chi connectivity index (χ1n) is 8.90. The van der Waals surface area contributed by atoms with Crippen molar-refractivity contribution in [1.82, 2.24) is 16.0 Å². The van der Waals surface area contributed by atoms with E-state index in [2.05, 4.69) is 16.0 Å². The van der Waals surface area contributed by atoms with Crippen molar-refractivity contribution in [3.05, 3.63) is 0 Å². The van der Waals surface area contributed by atoms with Gasteiger partial charge in [0.05, 0.1) is 12.1 Å². The molecule has 0 fully saturated rings. The topological polar surface area (TPSA) is 163 Å². The molecule has 0 aromatic rings. The summed E-state index contributed by atoms with van der Waals surface area (Å²) in [6.45, 7) is 7.94. The number of amides is 2. The average molecular weight is 369 g/mol. The molecular formula is C17H33N6O3. The molecule has 2 unspecified atom stereocenters. The van der Waals surface area contributed by atoms with Crippen molar-refractivity contribution >= 4 is 24.1 Å². The largest absolute Gasteiger partial charge is 0.370 e. The van der Waals surface area contributed by atoms with Crippen molar-refractivity contribution < 1.29 is 14.4 Å². The predicted molar refractivity (Wildman–Crippen MR) is 101 cm³/mol. The van der Waals surface area contributed by atoms with Crippen molar-refractivity contribution in [3.8, 4) is 0 Å². The normalized spacial score (nSPS) is 14.4. The first-order chi connectivity index (χ1) is 12.1. The quantitative estimate of drug-likeness (QED) is 0.152. The highest BCUT2D eigenvalue weighted by molar-refractivity contribution is 5.90. The maximum atomic E-state index is 12.5. The van der Waals surface area contributed by atoms with Crippen LogP contribution in [-0.2, 0) is 14.4 Å². The molecule has 0 spiro atoms. The molecule has 9 nitrogen and oxygen atoms in total. The van der Waals surface area contributed by atoms with Gasteiger partial charge in [0.2, 0.25) is 18.1 Å². The van der Waals surface area contributed by atoms with Crippen LogP contribution in [0.2, 0.25) is 0 Å². The lowest BCUT2D eigenvalue weighted by Crippen LogP contribution is -2.54. The highest BCUT2D eigenvalue weighted by Gasteiger charge is 2.27. The lowest BCUT2D eigenvalue weighted by molar-refractivity contribution is -0.130. The Bertz CT molecular complexity index is 481.